The fraction of sp³-hybridized carbons (Fsp3) is 0.538. The van der Waals surface area contributed by atoms with E-state index >= 15 is 0 Å². The predicted molar refractivity (Wildman–Crippen MR) is 70.9 cm³/mol. The zero-order chi connectivity index (χ0) is 12.3. The summed E-state index contributed by atoms with van der Waals surface area (Å²) in [6.45, 7) is 1.63. The molecule has 17 heavy (non-hydrogen) atoms. The van der Waals surface area contributed by atoms with Crippen LogP contribution in [-0.2, 0) is 6.54 Å². The van der Waals surface area contributed by atoms with Gasteiger partial charge in [0.1, 0.15) is 5.75 Å². The van der Waals surface area contributed by atoms with E-state index in [1.165, 1.54) is 0 Å². The molecule has 2 atom stereocenters. The van der Waals surface area contributed by atoms with Gasteiger partial charge in [0.25, 0.3) is 0 Å². The molecule has 1 fully saturated rings. The number of phenolic OH excluding ortho intramolecular Hbond substituents is 1. The molecule has 0 amide bonds. The maximum absolute atomic E-state index is 9.69. The van der Waals surface area contributed by atoms with Crippen molar-refractivity contribution in [2.75, 3.05) is 6.54 Å². The van der Waals surface area contributed by atoms with Crippen molar-refractivity contribution in [2.45, 2.75) is 31.9 Å². The van der Waals surface area contributed by atoms with Gasteiger partial charge in [0.05, 0.1) is 10.6 Å². The molecule has 1 saturated carbocycles. The lowest BCUT2D eigenvalue weighted by Crippen LogP contribution is -2.27. The summed E-state index contributed by atoms with van der Waals surface area (Å²) in [5.74, 6) is 0.663. The van der Waals surface area contributed by atoms with E-state index in [2.05, 4.69) is 21.2 Å². The molecule has 1 aliphatic rings. The van der Waals surface area contributed by atoms with Crippen LogP contribution < -0.4 is 5.32 Å². The summed E-state index contributed by atoms with van der Waals surface area (Å²) in [6, 6.07) is 5.50. The topological polar surface area (TPSA) is 52.5 Å². The van der Waals surface area contributed by atoms with Crippen molar-refractivity contribution in [2.24, 2.45) is 5.92 Å². The third-order valence-electron chi connectivity index (χ3n) is 3.37. The molecule has 1 aromatic rings. The smallest absolute Gasteiger partial charge is 0.129 e. The zero-order valence-corrected chi connectivity index (χ0v) is 11.3. The standard InChI is InChI=1S/C13H18BrNO2/c14-11-6-9(4-5-13(11)17)7-15-8-10-2-1-3-12(10)16/h4-6,10,12,15-17H,1-3,7-8H2. The van der Waals surface area contributed by atoms with E-state index in [4.69, 9.17) is 0 Å². The molecule has 0 heterocycles. The van der Waals surface area contributed by atoms with E-state index < -0.39 is 0 Å². The van der Waals surface area contributed by atoms with Gasteiger partial charge in [-0.05, 0) is 52.4 Å². The van der Waals surface area contributed by atoms with Crippen molar-refractivity contribution in [3.05, 3.63) is 28.2 Å². The van der Waals surface area contributed by atoms with Crippen LogP contribution in [0.5, 0.6) is 5.75 Å². The second kappa shape index (κ2) is 5.85. The van der Waals surface area contributed by atoms with Gasteiger partial charge in [-0.1, -0.05) is 12.5 Å². The van der Waals surface area contributed by atoms with Crippen LogP contribution in [0.2, 0.25) is 0 Å². The summed E-state index contributed by atoms with van der Waals surface area (Å²) in [4.78, 5) is 0. The lowest BCUT2D eigenvalue weighted by Gasteiger charge is -2.15. The van der Waals surface area contributed by atoms with Crippen molar-refractivity contribution in [3.63, 3.8) is 0 Å². The van der Waals surface area contributed by atoms with E-state index in [-0.39, 0.29) is 11.9 Å². The second-order valence-electron chi connectivity index (χ2n) is 4.67. The van der Waals surface area contributed by atoms with Crippen molar-refractivity contribution in [1.29, 1.82) is 0 Å². The Morgan fingerprint density at radius 1 is 1.35 bits per heavy atom. The highest BCUT2D eigenvalue weighted by Crippen LogP contribution is 2.26. The Hall–Kier alpha value is -0.580. The summed E-state index contributed by atoms with van der Waals surface area (Å²) < 4.78 is 0.720. The van der Waals surface area contributed by atoms with Gasteiger partial charge in [0, 0.05) is 13.1 Å². The highest BCUT2D eigenvalue weighted by Gasteiger charge is 2.24. The minimum Gasteiger partial charge on any atom is -0.507 e. The SMILES string of the molecule is Oc1ccc(CNCC2CCCC2O)cc1Br. The monoisotopic (exact) mass is 299 g/mol. The first-order valence-corrected chi connectivity index (χ1v) is 6.82. The molecule has 0 aromatic heterocycles. The Labute approximate surface area is 110 Å². The maximum atomic E-state index is 9.69. The van der Waals surface area contributed by atoms with Gasteiger partial charge < -0.3 is 15.5 Å². The molecule has 0 radical (unpaired) electrons. The summed E-state index contributed by atoms with van der Waals surface area (Å²) in [7, 11) is 0. The van der Waals surface area contributed by atoms with Crippen molar-refractivity contribution < 1.29 is 10.2 Å². The summed E-state index contributed by atoms with van der Waals surface area (Å²) >= 11 is 3.30. The van der Waals surface area contributed by atoms with Crippen LogP contribution >= 0.6 is 15.9 Å². The predicted octanol–water partition coefficient (Wildman–Crippen LogP) is 2.41. The van der Waals surface area contributed by atoms with Gasteiger partial charge in [-0.3, -0.25) is 0 Å². The van der Waals surface area contributed by atoms with E-state index in [9.17, 15) is 10.2 Å². The number of aliphatic hydroxyl groups is 1. The van der Waals surface area contributed by atoms with Crippen LogP contribution in [0.25, 0.3) is 0 Å². The summed E-state index contributed by atoms with van der Waals surface area (Å²) in [6.07, 6.45) is 3.07. The largest absolute Gasteiger partial charge is 0.507 e. The lowest BCUT2D eigenvalue weighted by atomic mass is 10.1. The second-order valence-corrected chi connectivity index (χ2v) is 5.53. The van der Waals surface area contributed by atoms with E-state index in [1.807, 2.05) is 12.1 Å². The number of halogens is 1. The average molecular weight is 300 g/mol. The number of hydrogen-bond donors (Lipinski definition) is 3. The number of aliphatic hydroxyl groups excluding tert-OH is 1. The molecule has 0 spiro atoms. The van der Waals surface area contributed by atoms with Gasteiger partial charge >= 0.3 is 0 Å². The minimum atomic E-state index is -0.131. The van der Waals surface area contributed by atoms with Crippen LogP contribution in [-0.4, -0.2) is 22.9 Å². The molecule has 2 unspecified atom stereocenters. The highest BCUT2D eigenvalue weighted by molar-refractivity contribution is 9.10. The van der Waals surface area contributed by atoms with Gasteiger partial charge in [0.2, 0.25) is 0 Å². The molecule has 1 aromatic carbocycles. The zero-order valence-electron chi connectivity index (χ0n) is 9.69. The minimum absolute atomic E-state index is 0.131. The molecule has 94 valence electrons. The van der Waals surface area contributed by atoms with Crippen LogP contribution in [0.4, 0.5) is 0 Å². The Morgan fingerprint density at radius 3 is 2.82 bits per heavy atom. The first-order valence-electron chi connectivity index (χ1n) is 6.03. The Balaban J connectivity index is 1.79. The molecular formula is C13H18BrNO2. The van der Waals surface area contributed by atoms with E-state index in [1.54, 1.807) is 6.07 Å². The summed E-state index contributed by atoms with van der Waals surface area (Å²) in [5.41, 5.74) is 1.13. The molecule has 0 saturated heterocycles. The van der Waals surface area contributed by atoms with Crippen molar-refractivity contribution >= 4 is 15.9 Å². The average Bonchev–Trinajstić information content (AvgIpc) is 2.70. The number of nitrogens with one attached hydrogen (secondary N) is 1. The fourth-order valence-electron chi connectivity index (χ4n) is 2.32. The van der Waals surface area contributed by atoms with E-state index in [0.29, 0.717) is 5.92 Å². The number of rotatable bonds is 4. The first-order chi connectivity index (χ1) is 8.16. The molecule has 2 rings (SSSR count). The van der Waals surface area contributed by atoms with E-state index in [0.717, 1.165) is 42.4 Å². The third kappa shape index (κ3) is 3.44. The Kier molecular flexibility index (Phi) is 4.42. The molecule has 3 nitrogen and oxygen atoms in total. The number of phenols is 1. The molecule has 0 aliphatic heterocycles. The number of aromatic hydroxyl groups is 1. The Morgan fingerprint density at radius 2 is 2.18 bits per heavy atom. The molecule has 4 heteroatoms. The number of benzene rings is 1. The van der Waals surface area contributed by atoms with Gasteiger partial charge in [0.15, 0.2) is 0 Å². The number of hydrogen-bond acceptors (Lipinski definition) is 3. The van der Waals surface area contributed by atoms with Crippen LogP contribution in [0.15, 0.2) is 22.7 Å². The molecule has 0 bridgehead atoms. The Bertz CT molecular complexity index is 384. The van der Waals surface area contributed by atoms with Crippen molar-refractivity contribution in [3.8, 4) is 5.75 Å². The first kappa shape index (κ1) is 12.9. The third-order valence-corrected chi connectivity index (χ3v) is 4.00. The van der Waals surface area contributed by atoms with Gasteiger partial charge in [-0.25, -0.2) is 0 Å². The lowest BCUT2D eigenvalue weighted by molar-refractivity contribution is 0.131. The highest BCUT2D eigenvalue weighted by atomic mass is 79.9. The van der Waals surface area contributed by atoms with Crippen molar-refractivity contribution in [1.82, 2.24) is 5.32 Å². The molecular weight excluding hydrogens is 282 g/mol. The van der Waals surface area contributed by atoms with Crippen LogP contribution in [0.3, 0.4) is 0 Å². The van der Waals surface area contributed by atoms with Gasteiger partial charge in [-0.15, -0.1) is 0 Å². The summed E-state index contributed by atoms with van der Waals surface area (Å²) in [5, 5.41) is 22.4. The maximum Gasteiger partial charge on any atom is 0.129 e. The molecule has 1 aliphatic carbocycles. The molecule has 3 N–H and O–H groups in total. The quantitative estimate of drug-likeness (QED) is 0.800. The van der Waals surface area contributed by atoms with Crippen LogP contribution in [0, 0.1) is 5.92 Å². The fourth-order valence-corrected chi connectivity index (χ4v) is 2.74. The van der Waals surface area contributed by atoms with Gasteiger partial charge in [-0.2, -0.15) is 0 Å². The van der Waals surface area contributed by atoms with Crippen LogP contribution in [0.1, 0.15) is 24.8 Å². The normalized spacial score (nSPS) is 24.1.